The van der Waals surface area contributed by atoms with Crippen LogP contribution in [-0.4, -0.2) is 6.04 Å². The molecule has 1 saturated carbocycles. The van der Waals surface area contributed by atoms with Crippen molar-refractivity contribution < 1.29 is 0 Å². The second kappa shape index (κ2) is 4.97. The molecule has 1 heterocycles. The molecule has 1 N–H and O–H groups in total. The number of thiophene rings is 1. The molecule has 1 fully saturated rings. The summed E-state index contributed by atoms with van der Waals surface area (Å²) in [6, 6.07) is 6.90. The predicted octanol–water partition coefficient (Wildman–Crippen LogP) is 4.59. The van der Waals surface area contributed by atoms with Gasteiger partial charge in [0.15, 0.2) is 0 Å². The van der Waals surface area contributed by atoms with Gasteiger partial charge in [0, 0.05) is 12.6 Å². The van der Waals surface area contributed by atoms with Crippen molar-refractivity contribution in [1.29, 1.82) is 0 Å². The Labute approximate surface area is 111 Å². The van der Waals surface area contributed by atoms with Gasteiger partial charge >= 0.3 is 0 Å². The van der Waals surface area contributed by atoms with Crippen LogP contribution in [0, 0.1) is 0 Å². The first-order valence-electron chi connectivity index (χ1n) is 6.22. The standard InChI is InChI=1S/C14H16ClNS/c15-13-7-3-6-12-10(9-17-14(12)13)8-16-11-4-1-2-5-11/h3,6-7,9,11,16H,1-2,4-5,8H2. The van der Waals surface area contributed by atoms with Crippen molar-refractivity contribution in [2.45, 2.75) is 38.3 Å². The zero-order valence-electron chi connectivity index (χ0n) is 9.71. The maximum absolute atomic E-state index is 6.19. The Balaban J connectivity index is 1.78. The molecular formula is C14H16ClNS. The second-order valence-corrected chi connectivity index (χ2v) is 6.03. The van der Waals surface area contributed by atoms with E-state index >= 15 is 0 Å². The lowest BCUT2D eigenvalue weighted by Crippen LogP contribution is -2.25. The number of hydrogen-bond donors (Lipinski definition) is 1. The largest absolute Gasteiger partial charge is 0.310 e. The molecule has 1 aromatic heterocycles. The highest BCUT2D eigenvalue weighted by Crippen LogP contribution is 2.32. The molecule has 1 nitrogen and oxygen atoms in total. The minimum Gasteiger partial charge on any atom is -0.310 e. The lowest BCUT2D eigenvalue weighted by Gasteiger charge is -2.10. The number of rotatable bonds is 3. The van der Waals surface area contributed by atoms with E-state index in [2.05, 4.69) is 16.8 Å². The Kier molecular flexibility index (Phi) is 3.37. The molecule has 1 aliphatic rings. The minimum atomic E-state index is 0.726. The van der Waals surface area contributed by atoms with Crippen LogP contribution in [0.2, 0.25) is 5.02 Å². The Morgan fingerprint density at radius 2 is 2.12 bits per heavy atom. The topological polar surface area (TPSA) is 12.0 Å². The zero-order chi connectivity index (χ0) is 11.7. The third-order valence-electron chi connectivity index (χ3n) is 3.57. The number of hydrogen-bond acceptors (Lipinski definition) is 2. The summed E-state index contributed by atoms with van der Waals surface area (Å²) in [6.45, 7) is 0.977. The first-order chi connectivity index (χ1) is 8.34. The van der Waals surface area contributed by atoms with E-state index in [0.717, 1.165) is 17.6 Å². The van der Waals surface area contributed by atoms with Crippen LogP contribution in [-0.2, 0) is 6.54 Å². The van der Waals surface area contributed by atoms with Crippen LogP contribution in [0.15, 0.2) is 23.6 Å². The van der Waals surface area contributed by atoms with Crippen LogP contribution >= 0.6 is 22.9 Å². The molecule has 1 aliphatic carbocycles. The maximum atomic E-state index is 6.19. The van der Waals surface area contributed by atoms with Gasteiger partial charge in [-0.05, 0) is 35.2 Å². The van der Waals surface area contributed by atoms with E-state index < -0.39 is 0 Å². The molecule has 0 bridgehead atoms. The molecule has 0 radical (unpaired) electrons. The summed E-state index contributed by atoms with van der Waals surface area (Å²) < 4.78 is 1.22. The summed E-state index contributed by atoms with van der Waals surface area (Å²) in [5, 5.41) is 8.08. The van der Waals surface area contributed by atoms with Crippen LogP contribution in [0.3, 0.4) is 0 Å². The summed E-state index contributed by atoms with van der Waals surface area (Å²) in [5.74, 6) is 0. The van der Waals surface area contributed by atoms with Crippen LogP contribution in [0.1, 0.15) is 31.2 Å². The molecule has 17 heavy (non-hydrogen) atoms. The number of nitrogens with one attached hydrogen (secondary N) is 1. The maximum Gasteiger partial charge on any atom is 0.0584 e. The first kappa shape index (κ1) is 11.5. The predicted molar refractivity (Wildman–Crippen MR) is 75.9 cm³/mol. The van der Waals surface area contributed by atoms with E-state index in [1.54, 1.807) is 11.3 Å². The summed E-state index contributed by atoms with van der Waals surface area (Å²) in [5.41, 5.74) is 1.39. The summed E-state index contributed by atoms with van der Waals surface area (Å²) in [7, 11) is 0. The van der Waals surface area contributed by atoms with Crippen LogP contribution in [0.25, 0.3) is 10.1 Å². The SMILES string of the molecule is Clc1cccc2c(CNC3CCCC3)csc12. The Morgan fingerprint density at radius 1 is 1.29 bits per heavy atom. The van der Waals surface area contributed by atoms with E-state index in [0.29, 0.717) is 0 Å². The van der Waals surface area contributed by atoms with Gasteiger partial charge in [0.05, 0.1) is 9.72 Å². The van der Waals surface area contributed by atoms with Crippen molar-refractivity contribution in [1.82, 2.24) is 5.32 Å². The molecule has 0 atom stereocenters. The van der Waals surface area contributed by atoms with Crippen LogP contribution < -0.4 is 5.32 Å². The molecule has 3 heteroatoms. The van der Waals surface area contributed by atoms with Gasteiger partial charge in [-0.25, -0.2) is 0 Å². The molecule has 90 valence electrons. The van der Waals surface area contributed by atoms with E-state index in [4.69, 9.17) is 11.6 Å². The highest BCUT2D eigenvalue weighted by Gasteiger charge is 2.14. The molecule has 0 unspecified atom stereocenters. The minimum absolute atomic E-state index is 0.726. The highest BCUT2D eigenvalue weighted by molar-refractivity contribution is 7.18. The fourth-order valence-electron chi connectivity index (χ4n) is 2.60. The molecule has 0 aliphatic heterocycles. The van der Waals surface area contributed by atoms with Gasteiger partial charge in [0.1, 0.15) is 0 Å². The van der Waals surface area contributed by atoms with Gasteiger partial charge in [-0.1, -0.05) is 36.6 Å². The van der Waals surface area contributed by atoms with Crippen molar-refractivity contribution in [3.05, 3.63) is 34.2 Å². The van der Waals surface area contributed by atoms with Crippen molar-refractivity contribution in [2.75, 3.05) is 0 Å². The van der Waals surface area contributed by atoms with Gasteiger partial charge in [-0.3, -0.25) is 0 Å². The lowest BCUT2D eigenvalue weighted by atomic mass is 10.1. The molecular weight excluding hydrogens is 250 g/mol. The number of benzene rings is 1. The number of halogens is 1. The fourth-order valence-corrected chi connectivity index (χ4v) is 3.88. The second-order valence-electron chi connectivity index (χ2n) is 4.74. The van der Waals surface area contributed by atoms with Gasteiger partial charge in [0.25, 0.3) is 0 Å². The zero-order valence-corrected chi connectivity index (χ0v) is 11.3. The van der Waals surface area contributed by atoms with Gasteiger partial charge in [-0.2, -0.15) is 0 Å². The van der Waals surface area contributed by atoms with Crippen LogP contribution in [0.4, 0.5) is 0 Å². The first-order valence-corrected chi connectivity index (χ1v) is 7.48. The van der Waals surface area contributed by atoms with Gasteiger partial charge < -0.3 is 5.32 Å². The van der Waals surface area contributed by atoms with Crippen LogP contribution in [0.5, 0.6) is 0 Å². The lowest BCUT2D eigenvalue weighted by molar-refractivity contribution is 0.526. The van der Waals surface area contributed by atoms with Crippen molar-refractivity contribution >= 4 is 33.0 Å². The van der Waals surface area contributed by atoms with E-state index in [9.17, 15) is 0 Å². The average Bonchev–Trinajstić information content (AvgIpc) is 2.95. The average molecular weight is 266 g/mol. The monoisotopic (exact) mass is 265 g/mol. The summed E-state index contributed by atoms with van der Waals surface area (Å²) in [6.07, 6.45) is 5.44. The van der Waals surface area contributed by atoms with Gasteiger partial charge in [-0.15, -0.1) is 11.3 Å². The van der Waals surface area contributed by atoms with Gasteiger partial charge in [0.2, 0.25) is 0 Å². The molecule has 1 aromatic carbocycles. The molecule has 0 amide bonds. The van der Waals surface area contributed by atoms with E-state index in [-0.39, 0.29) is 0 Å². The molecule has 0 spiro atoms. The van der Waals surface area contributed by atoms with E-state index in [1.165, 1.54) is 41.3 Å². The summed E-state index contributed by atoms with van der Waals surface area (Å²) >= 11 is 7.94. The molecule has 2 aromatic rings. The van der Waals surface area contributed by atoms with E-state index in [1.807, 2.05) is 12.1 Å². The Bertz CT molecular complexity index is 514. The Hall–Kier alpha value is -0.570. The van der Waals surface area contributed by atoms with Crippen molar-refractivity contribution in [3.63, 3.8) is 0 Å². The number of fused-ring (bicyclic) bond motifs is 1. The van der Waals surface area contributed by atoms with Crippen molar-refractivity contribution in [3.8, 4) is 0 Å². The smallest absolute Gasteiger partial charge is 0.0584 e. The van der Waals surface area contributed by atoms with Crippen molar-refractivity contribution in [2.24, 2.45) is 0 Å². The molecule has 3 rings (SSSR count). The third-order valence-corrected chi connectivity index (χ3v) is 5.07. The summed E-state index contributed by atoms with van der Waals surface area (Å²) in [4.78, 5) is 0. The normalized spacial score (nSPS) is 17.0. The molecule has 0 saturated heterocycles. The fraction of sp³-hybridized carbons (Fsp3) is 0.429. The highest BCUT2D eigenvalue weighted by atomic mass is 35.5. The third kappa shape index (κ3) is 2.35. The quantitative estimate of drug-likeness (QED) is 0.856. The Morgan fingerprint density at radius 3 is 2.94 bits per heavy atom.